The number of hydrogen-bond donors (Lipinski definition) is 2. The highest BCUT2D eigenvalue weighted by Gasteiger charge is 2.32. The Morgan fingerprint density at radius 1 is 1.35 bits per heavy atom. The number of hydrogen-bond acceptors (Lipinski definition) is 2. The third kappa shape index (κ3) is 2.60. The fourth-order valence-electron chi connectivity index (χ4n) is 2.87. The lowest BCUT2D eigenvalue weighted by atomic mass is 9.86. The molecule has 1 aliphatic carbocycles. The van der Waals surface area contributed by atoms with E-state index in [1.54, 1.807) is 6.07 Å². The van der Waals surface area contributed by atoms with Crippen molar-refractivity contribution >= 4 is 23.2 Å². The third-order valence-electron chi connectivity index (χ3n) is 3.85. The fraction of sp³-hybridized carbons (Fsp3) is 0.538. The summed E-state index contributed by atoms with van der Waals surface area (Å²) in [5.41, 5.74) is 3.93. The van der Waals surface area contributed by atoms with Crippen molar-refractivity contribution in [2.24, 2.45) is 17.7 Å². The van der Waals surface area contributed by atoms with Crippen LogP contribution in [0.1, 0.15) is 37.8 Å². The van der Waals surface area contributed by atoms with E-state index in [2.05, 4.69) is 12.3 Å². The molecule has 0 bridgehead atoms. The molecule has 1 aromatic carbocycles. The summed E-state index contributed by atoms with van der Waals surface area (Å²) < 4.78 is 0. The highest BCUT2D eigenvalue weighted by Crippen LogP contribution is 2.42. The Morgan fingerprint density at radius 3 is 2.71 bits per heavy atom. The summed E-state index contributed by atoms with van der Waals surface area (Å²) in [6.45, 7) is 2.28. The first kappa shape index (κ1) is 13.2. The summed E-state index contributed by atoms with van der Waals surface area (Å²) in [7, 11) is 0. The standard InChI is InChI=1S/C13H18Cl2N2/c1-8-4-2-5-9(8)13(17-16)10-6-3-7-11(14)12(10)15/h3,6-9,13,17H,2,4-5,16H2,1H3. The van der Waals surface area contributed by atoms with Gasteiger partial charge in [0.05, 0.1) is 16.1 Å². The number of benzene rings is 1. The van der Waals surface area contributed by atoms with Gasteiger partial charge in [-0.2, -0.15) is 0 Å². The van der Waals surface area contributed by atoms with Crippen molar-refractivity contribution in [3.63, 3.8) is 0 Å². The van der Waals surface area contributed by atoms with Gasteiger partial charge in [-0.15, -0.1) is 0 Å². The van der Waals surface area contributed by atoms with Crippen molar-refractivity contribution in [3.05, 3.63) is 33.8 Å². The summed E-state index contributed by atoms with van der Waals surface area (Å²) in [6, 6.07) is 5.83. The lowest BCUT2D eigenvalue weighted by Crippen LogP contribution is -2.34. The van der Waals surface area contributed by atoms with Crippen molar-refractivity contribution in [1.82, 2.24) is 5.43 Å². The van der Waals surface area contributed by atoms with E-state index >= 15 is 0 Å². The van der Waals surface area contributed by atoms with Crippen molar-refractivity contribution in [1.29, 1.82) is 0 Å². The van der Waals surface area contributed by atoms with Crippen LogP contribution in [0.2, 0.25) is 10.0 Å². The van der Waals surface area contributed by atoms with Crippen LogP contribution in [0.25, 0.3) is 0 Å². The highest BCUT2D eigenvalue weighted by atomic mass is 35.5. The van der Waals surface area contributed by atoms with Crippen molar-refractivity contribution in [2.75, 3.05) is 0 Å². The molecule has 1 aliphatic rings. The molecule has 0 aliphatic heterocycles. The summed E-state index contributed by atoms with van der Waals surface area (Å²) in [5, 5.41) is 1.21. The van der Waals surface area contributed by atoms with Crippen molar-refractivity contribution < 1.29 is 0 Å². The van der Waals surface area contributed by atoms with Crippen LogP contribution >= 0.6 is 23.2 Å². The smallest absolute Gasteiger partial charge is 0.0640 e. The molecular formula is C13H18Cl2N2. The summed E-state index contributed by atoms with van der Waals surface area (Å²) >= 11 is 12.3. The summed E-state index contributed by atoms with van der Waals surface area (Å²) in [4.78, 5) is 0. The minimum absolute atomic E-state index is 0.0960. The van der Waals surface area contributed by atoms with Crippen LogP contribution in [0.3, 0.4) is 0 Å². The van der Waals surface area contributed by atoms with Gasteiger partial charge in [0.15, 0.2) is 0 Å². The first-order valence-electron chi connectivity index (χ1n) is 6.05. The molecule has 0 amide bonds. The van der Waals surface area contributed by atoms with E-state index in [1.807, 2.05) is 12.1 Å². The van der Waals surface area contributed by atoms with Gasteiger partial charge in [-0.05, 0) is 29.9 Å². The summed E-state index contributed by atoms with van der Waals surface area (Å²) in [5.74, 6) is 6.92. The maximum atomic E-state index is 6.27. The maximum Gasteiger partial charge on any atom is 0.0640 e. The molecular weight excluding hydrogens is 255 g/mol. The number of halogens is 2. The largest absolute Gasteiger partial charge is 0.271 e. The van der Waals surface area contributed by atoms with E-state index in [1.165, 1.54) is 19.3 Å². The zero-order valence-corrected chi connectivity index (χ0v) is 11.4. The lowest BCUT2D eigenvalue weighted by molar-refractivity contribution is 0.304. The van der Waals surface area contributed by atoms with Crippen LogP contribution < -0.4 is 11.3 Å². The number of hydrazine groups is 1. The second-order valence-electron chi connectivity index (χ2n) is 4.86. The molecule has 1 fully saturated rings. The Labute approximate surface area is 112 Å². The number of nitrogens with one attached hydrogen (secondary N) is 1. The average molecular weight is 273 g/mol. The van der Waals surface area contributed by atoms with Gasteiger partial charge in [0, 0.05) is 0 Å². The average Bonchev–Trinajstić information content (AvgIpc) is 2.72. The minimum Gasteiger partial charge on any atom is -0.271 e. The van der Waals surface area contributed by atoms with Crippen molar-refractivity contribution in [2.45, 2.75) is 32.2 Å². The van der Waals surface area contributed by atoms with Gasteiger partial charge < -0.3 is 0 Å². The Bertz CT molecular complexity index is 395. The van der Waals surface area contributed by atoms with E-state index in [0.717, 1.165) is 5.56 Å². The van der Waals surface area contributed by atoms with Crippen LogP contribution in [0, 0.1) is 11.8 Å². The molecule has 94 valence electrons. The predicted molar refractivity (Wildman–Crippen MR) is 73.0 cm³/mol. The van der Waals surface area contributed by atoms with Crippen LogP contribution in [0.15, 0.2) is 18.2 Å². The van der Waals surface area contributed by atoms with Crippen LogP contribution in [-0.2, 0) is 0 Å². The molecule has 2 rings (SSSR count). The second kappa shape index (κ2) is 5.57. The molecule has 0 spiro atoms. The Morgan fingerprint density at radius 2 is 2.12 bits per heavy atom. The van der Waals surface area contributed by atoms with E-state index in [9.17, 15) is 0 Å². The maximum absolute atomic E-state index is 6.27. The zero-order valence-electron chi connectivity index (χ0n) is 9.92. The van der Waals surface area contributed by atoms with E-state index in [-0.39, 0.29) is 6.04 Å². The molecule has 3 atom stereocenters. The van der Waals surface area contributed by atoms with Gasteiger partial charge in [0.25, 0.3) is 0 Å². The lowest BCUT2D eigenvalue weighted by Gasteiger charge is -2.27. The minimum atomic E-state index is 0.0960. The van der Waals surface area contributed by atoms with Gasteiger partial charge in [0.1, 0.15) is 0 Å². The quantitative estimate of drug-likeness (QED) is 0.646. The van der Waals surface area contributed by atoms with Gasteiger partial charge in [-0.1, -0.05) is 55.1 Å². The zero-order chi connectivity index (χ0) is 12.4. The molecule has 3 N–H and O–H groups in total. The fourth-order valence-corrected chi connectivity index (χ4v) is 3.30. The normalized spacial score (nSPS) is 26.1. The third-order valence-corrected chi connectivity index (χ3v) is 4.69. The van der Waals surface area contributed by atoms with Gasteiger partial charge in [0.2, 0.25) is 0 Å². The second-order valence-corrected chi connectivity index (χ2v) is 5.64. The Kier molecular flexibility index (Phi) is 4.31. The molecule has 3 unspecified atom stereocenters. The molecule has 0 saturated heterocycles. The Balaban J connectivity index is 2.31. The van der Waals surface area contributed by atoms with Crippen LogP contribution in [-0.4, -0.2) is 0 Å². The van der Waals surface area contributed by atoms with Crippen LogP contribution in [0.5, 0.6) is 0 Å². The first-order valence-corrected chi connectivity index (χ1v) is 6.80. The van der Waals surface area contributed by atoms with E-state index < -0.39 is 0 Å². The van der Waals surface area contributed by atoms with Gasteiger partial charge in [-0.25, -0.2) is 0 Å². The highest BCUT2D eigenvalue weighted by molar-refractivity contribution is 6.42. The van der Waals surface area contributed by atoms with Crippen molar-refractivity contribution in [3.8, 4) is 0 Å². The van der Waals surface area contributed by atoms with Gasteiger partial charge in [-0.3, -0.25) is 11.3 Å². The topological polar surface area (TPSA) is 38.0 Å². The number of rotatable bonds is 3. The number of nitrogens with two attached hydrogens (primary N) is 1. The SMILES string of the molecule is CC1CCCC1C(NN)c1cccc(Cl)c1Cl. The monoisotopic (exact) mass is 272 g/mol. The molecule has 0 radical (unpaired) electrons. The van der Waals surface area contributed by atoms with Gasteiger partial charge >= 0.3 is 0 Å². The molecule has 17 heavy (non-hydrogen) atoms. The predicted octanol–water partition coefficient (Wildman–Crippen LogP) is 3.93. The first-order chi connectivity index (χ1) is 8.15. The molecule has 1 aromatic rings. The van der Waals surface area contributed by atoms with Crippen LogP contribution in [0.4, 0.5) is 0 Å². The molecule has 1 saturated carbocycles. The molecule has 0 aromatic heterocycles. The van der Waals surface area contributed by atoms with E-state index in [4.69, 9.17) is 29.0 Å². The molecule has 4 heteroatoms. The molecule has 0 heterocycles. The summed E-state index contributed by atoms with van der Waals surface area (Å²) in [6.07, 6.45) is 3.72. The van der Waals surface area contributed by atoms with E-state index in [0.29, 0.717) is 21.9 Å². The Hall–Kier alpha value is -0.280. The molecule has 2 nitrogen and oxygen atoms in total.